The number of aryl methyl sites for hydroxylation is 1. The van der Waals surface area contributed by atoms with Crippen LogP contribution in [0.5, 0.6) is 0 Å². The Morgan fingerprint density at radius 1 is 1.47 bits per heavy atom. The van der Waals surface area contributed by atoms with Crippen molar-refractivity contribution < 1.29 is 9.18 Å². The fraction of sp³-hybridized carbons (Fsp3) is 0.462. The second-order valence-corrected chi connectivity index (χ2v) is 4.34. The lowest BCUT2D eigenvalue weighted by Gasteiger charge is -2.04. The van der Waals surface area contributed by atoms with Crippen LogP contribution in [-0.2, 0) is 0 Å². The van der Waals surface area contributed by atoms with Crippen LogP contribution in [0, 0.1) is 18.7 Å². The number of halogens is 1. The molecule has 0 heterocycles. The Hall–Kier alpha value is -1.18. The zero-order chi connectivity index (χ0) is 10.8. The normalized spacial score (nSPS) is 15.3. The summed E-state index contributed by atoms with van der Waals surface area (Å²) < 4.78 is 13.6. The van der Waals surface area contributed by atoms with E-state index in [1.54, 1.807) is 25.1 Å². The molecule has 0 aliphatic heterocycles. The first-order valence-corrected chi connectivity index (χ1v) is 5.47. The third-order valence-electron chi connectivity index (χ3n) is 2.97. The molecule has 0 atom stereocenters. The molecule has 0 aromatic heterocycles. The highest BCUT2D eigenvalue weighted by Crippen LogP contribution is 2.34. The van der Waals surface area contributed by atoms with Gasteiger partial charge in [-0.3, -0.25) is 4.79 Å². The third kappa shape index (κ3) is 2.44. The Morgan fingerprint density at radius 3 is 2.87 bits per heavy atom. The molecule has 0 unspecified atom stereocenters. The highest BCUT2D eigenvalue weighted by molar-refractivity contribution is 5.96. The van der Waals surface area contributed by atoms with E-state index in [1.165, 1.54) is 12.8 Å². The molecule has 1 aliphatic rings. The van der Waals surface area contributed by atoms with E-state index in [9.17, 15) is 9.18 Å². The monoisotopic (exact) mass is 206 g/mol. The van der Waals surface area contributed by atoms with Crippen LogP contribution < -0.4 is 0 Å². The molecule has 0 saturated heterocycles. The number of Topliss-reactive ketones (excluding diaryl/α,β-unsaturated/α-hetero) is 1. The van der Waals surface area contributed by atoms with Crippen LogP contribution in [0.15, 0.2) is 18.2 Å². The SMILES string of the molecule is Cc1cccc(C(=O)CCC2CC2)c1F. The first-order valence-electron chi connectivity index (χ1n) is 5.47. The Labute approximate surface area is 89.3 Å². The fourth-order valence-corrected chi connectivity index (χ4v) is 1.74. The smallest absolute Gasteiger partial charge is 0.165 e. The number of hydrogen-bond acceptors (Lipinski definition) is 1. The van der Waals surface area contributed by atoms with Crippen molar-refractivity contribution in [2.75, 3.05) is 0 Å². The van der Waals surface area contributed by atoms with E-state index in [0.29, 0.717) is 12.0 Å². The van der Waals surface area contributed by atoms with Crippen molar-refractivity contribution in [3.63, 3.8) is 0 Å². The molecule has 0 bridgehead atoms. The molecule has 80 valence electrons. The maximum absolute atomic E-state index is 13.6. The predicted molar refractivity (Wildman–Crippen MR) is 57.4 cm³/mol. The molecule has 0 N–H and O–H groups in total. The number of rotatable bonds is 4. The van der Waals surface area contributed by atoms with Gasteiger partial charge in [-0.25, -0.2) is 4.39 Å². The largest absolute Gasteiger partial charge is 0.294 e. The second kappa shape index (κ2) is 4.13. The van der Waals surface area contributed by atoms with Crippen LogP contribution in [-0.4, -0.2) is 5.78 Å². The van der Waals surface area contributed by atoms with Crippen LogP contribution >= 0.6 is 0 Å². The minimum absolute atomic E-state index is 0.0527. The predicted octanol–water partition coefficient (Wildman–Crippen LogP) is 3.51. The van der Waals surface area contributed by atoms with Crippen molar-refractivity contribution in [1.29, 1.82) is 0 Å². The van der Waals surface area contributed by atoms with E-state index in [-0.39, 0.29) is 17.2 Å². The van der Waals surface area contributed by atoms with E-state index in [0.717, 1.165) is 12.3 Å². The lowest BCUT2D eigenvalue weighted by Crippen LogP contribution is -2.03. The summed E-state index contributed by atoms with van der Waals surface area (Å²) in [5.41, 5.74) is 0.808. The molecule has 1 aromatic carbocycles. The van der Waals surface area contributed by atoms with Crippen molar-refractivity contribution in [2.45, 2.75) is 32.6 Å². The van der Waals surface area contributed by atoms with Gasteiger partial charge in [0.2, 0.25) is 0 Å². The minimum Gasteiger partial charge on any atom is -0.294 e. The van der Waals surface area contributed by atoms with E-state index in [2.05, 4.69) is 0 Å². The van der Waals surface area contributed by atoms with Gasteiger partial charge in [0.05, 0.1) is 5.56 Å². The van der Waals surface area contributed by atoms with Gasteiger partial charge in [0, 0.05) is 6.42 Å². The van der Waals surface area contributed by atoms with E-state index in [1.807, 2.05) is 0 Å². The van der Waals surface area contributed by atoms with Crippen LogP contribution in [0.3, 0.4) is 0 Å². The lowest BCUT2D eigenvalue weighted by atomic mass is 10.0. The minimum atomic E-state index is -0.349. The van der Waals surface area contributed by atoms with Crippen LogP contribution in [0.4, 0.5) is 4.39 Å². The van der Waals surface area contributed by atoms with Gasteiger partial charge in [-0.05, 0) is 30.9 Å². The van der Waals surface area contributed by atoms with E-state index >= 15 is 0 Å². The molecule has 0 spiro atoms. The van der Waals surface area contributed by atoms with Gasteiger partial charge >= 0.3 is 0 Å². The van der Waals surface area contributed by atoms with Crippen molar-refractivity contribution in [2.24, 2.45) is 5.92 Å². The summed E-state index contributed by atoms with van der Waals surface area (Å²) in [5, 5.41) is 0. The van der Waals surface area contributed by atoms with Gasteiger partial charge in [-0.1, -0.05) is 25.0 Å². The highest BCUT2D eigenvalue weighted by atomic mass is 19.1. The summed E-state index contributed by atoms with van der Waals surface area (Å²) in [6, 6.07) is 5.01. The van der Waals surface area contributed by atoms with E-state index < -0.39 is 0 Å². The second-order valence-electron chi connectivity index (χ2n) is 4.34. The molecule has 0 amide bonds. The molecular weight excluding hydrogens is 191 g/mol. The molecule has 0 radical (unpaired) electrons. The third-order valence-corrected chi connectivity index (χ3v) is 2.97. The van der Waals surface area contributed by atoms with E-state index in [4.69, 9.17) is 0 Å². The molecule has 2 heteroatoms. The number of carbonyl (C=O) groups is 1. The van der Waals surface area contributed by atoms with Crippen molar-refractivity contribution in [1.82, 2.24) is 0 Å². The van der Waals surface area contributed by atoms with Gasteiger partial charge in [0.25, 0.3) is 0 Å². The molecule has 2 rings (SSSR count). The molecule has 15 heavy (non-hydrogen) atoms. The number of hydrogen-bond donors (Lipinski definition) is 0. The van der Waals surface area contributed by atoms with Crippen LogP contribution in [0.2, 0.25) is 0 Å². The van der Waals surface area contributed by atoms with Gasteiger partial charge in [-0.2, -0.15) is 0 Å². The summed E-state index contributed by atoms with van der Waals surface area (Å²) in [6.45, 7) is 1.69. The Kier molecular flexibility index (Phi) is 2.85. The number of benzene rings is 1. The lowest BCUT2D eigenvalue weighted by molar-refractivity contribution is 0.0974. The maximum Gasteiger partial charge on any atom is 0.165 e. The van der Waals surface area contributed by atoms with Gasteiger partial charge in [0.1, 0.15) is 5.82 Å². The molecule has 1 saturated carbocycles. The van der Waals surface area contributed by atoms with Crippen LogP contribution in [0.1, 0.15) is 41.6 Å². The average Bonchev–Trinajstić information content (AvgIpc) is 3.02. The van der Waals surface area contributed by atoms with Gasteiger partial charge in [0.15, 0.2) is 5.78 Å². The van der Waals surface area contributed by atoms with Crippen molar-refractivity contribution in [3.8, 4) is 0 Å². The number of ketones is 1. The van der Waals surface area contributed by atoms with Gasteiger partial charge in [-0.15, -0.1) is 0 Å². The molecule has 1 fully saturated rings. The summed E-state index contributed by atoms with van der Waals surface area (Å²) >= 11 is 0. The average molecular weight is 206 g/mol. The molecule has 1 aliphatic carbocycles. The Bertz CT molecular complexity index is 380. The van der Waals surface area contributed by atoms with Crippen molar-refractivity contribution >= 4 is 5.78 Å². The summed E-state index contributed by atoms with van der Waals surface area (Å²) in [6.07, 6.45) is 3.89. The Morgan fingerprint density at radius 2 is 2.20 bits per heavy atom. The van der Waals surface area contributed by atoms with Crippen molar-refractivity contribution in [3.05, 3.63) is 35.1 Å². The summed E-state index contributed by atoms with van der Waals surface area (Å²) in [4.78, 5) is 11.7. The first-order chi connectivity index (χ1) is 7.18. The Balaban J connectivity index is 2.06. The highest BCUT2D eigenvalue weighted by Gasteiger charge is 2.23. The van der Waals surface area contributed by atoms with Gasteiger partial charge < -0.3 is 0 Å². The molecular formula is C13H15FO. The standard InChI is InChI=1S/C13H15FO/c1-9-3-2-4-11(13(9)14)12(15)8-7-10-5-6-10/h2-4,10H,5-8H2,1H3. The van der Waals surface area contributed by atoms with Crippen LogP contribution in [0.25, 0.3) is 0 Å². The molecule has 1 nitrogen and oxygen atoms in total. The summed E-state index contributed by atoms with van der Waals surface area (Å²) in [7, 11) is 0. The zero-order valence-corrected chi connectivity index (χ0v) is 8.92. The summed E-state index contributed by atoms with van der Waals surface area (Å²) in [5.74, 6) is 0.322. The fourth-order valence-electron chi connectivity index (χ4n) is 1.74. The molecule has 1 aromatic rings. The quantitative estimate of drug-likeness (QED) is 0.689. The first kappa shape index (κ1) is 10.3. The topological polar surface area (TPSA) is 17.1 Å². The zero-order valence-electron chi connectivity index (χ0n) is 8.92. The number of carbonyl (C=O) groups excluding carboxylic acids is 1. The maximum atomic E-state index is 13.6.